The summed E-state index contributed by atoms with van der Waals surface area (Å²) < 4.78 is 34.3. The molecule has 3 aliphatic rings. The average molecular weight is 383 g/mol. The van der Waals surface area contributed by atoms with Crippen LogP contribution in [0.2, 0.25) is 0 Å². The van der Waals surface area contributed by atoms with Crippen molar-refractivity contribution in [3.05, 3.63) is 28.7 Å². The average Bonchev–Trinajstić information content (AvgIpc) is 3.18. The molecule has 0 bridgehead atoms. The number of ether oxygens (including phenoxy) is 2. The second-order valence-electron chi connectivity index (χ2n) is 5.72. The number of hydrogen-bond donors (Lipinski definition) is 0. The van der Waals surface area contributed by atoms with E-state index in [1.54, 1.807) is 18.2 Å². The summed E-state index contributed by atoms with van der Waals surface area (Å²) in [5.41, 5.74) is 0.804. The van der Waals surface area contributed by atoms with Gasteiger partial charge in [-0.2, -0.15) is 0 Å². The number of carbonyl (C=O) groups is 1. The Kier molecular flexibility index (Phi) is 3.81. The molecule has 126 valence electrons. The highest BCUT2D eigenvalue weighted by atomic mass is 32.2. The number of carbonyl (C=O) groups excluding carboxylic acids is 1. The standard InChI is InChI=1S/C15H13NO5S3/c17-14-13(6-9-1-2-11-12(5-9)21-8-20-11)23-15(22)16(14)10-3-4-24(18,19)7-10/h1-2,5-6,10H,3-4,7-8H2/b13-6-. The summed E-state index contributed by atoms with van der Waals surface area (Å²) in [5.74, 6) is 1.17. The maximum atomic E-state index is 12.7. The lowest BCUT2D eigenvalue weighted by Crippen LogP contribution is -2.39. The molecule has 2 saturated heterocycles. The maximum absolute atomic E-state index is 12.7. The van der Waals surface area contributed by atoms with Crippen LogP contribution in [0.15, 0.2) is 23.1 Å². The van der Waals surface area contributed by atoms with Gasteiger partial charge in [0.15, 0.2) is 21.3 Å². The third-order valence-corrected chi connectivity index (χ3v) is 7.17. The molecule has 1 aromatic carbocycles. The number of rotatable bonds is 2. The molecule has 3 heterocycles. The third kappa shape index (κ3) is 2.80. The van der Waals surface area contributed by atoms with Gasteiger partial charge >= 0.3 is 0 Å². The van der Waals surface area contributed by atoms with Gasteiger partial charge in [-0.1, -0.05) is 30.0 Å². The number of thioether (sulfide) groups is 1. The van der Waals surface area contributed by atoms with Gasteiger partial charge in [0.05, 0.1) is 22.5 Å². The third-order valence-electron chi connectivity index (χ3n) is 4.09. The van der Waals surface area contributed by atoms with E-state index in [9.17, 15) is 13.2 Å². The zero-order chi connectivity index (χ0) is 16.9. The van der Waals surface area contributed by atoms with E-state index in [1.807, 2.05) is 6.07 Å². The zero-order valence-corrected chi connectivity index (χ0v) is 14.9. The number of fused-ring (bicyclic) bond motifs is 1. The van der Waals surface area contributed by atoms with Crippen LogP contribution >= 0.6 is 24.0 Å². The van der Waals surface area contributed by atoms with Crippen molar-refractivity contribution in [1.29, 1.82) is 0 Å². The molecule has 1 aromatic rings. The summed E-state index contributed by atoms with van der Waals surface area (Å²) in [7, 11) is -3.08. The van der Waals surface area contributed by atoms with Gasteiger partial charge in [0.25, 0.3) is 5.91 Å². The predicted octanol–water partition coefficient (Wildman–Crippen LogP) is 1.80. The molecule has 1 unspecified atom stereocenters. The molecule has 0 radical (unpaired) electrons. The largest absolute Gasteiger partial charge is 0.454 e. The lowest BCUT2D eigenvalue weighted by Gasteiger charge is -2.20. The molecular formula is C15H13NO5S3. The summed E-state index contributed by atoms with van der Waals surface area (Å²) in [6.45, 7) is 0.192. The zero-order valence-electron chi connectivity index (χ0n) is 12.4. The first-order valence-corrected chi connectivity index (χ1v) is 10.3. The quantitative estimate of drug-likeness (QED) is 0.570. The van der Waals surface area contributed by atoms with Crippen LogP contribution in [0.3, 0.4) is 0 Å². The van der Waals surface area contributed by atoms with Crippen LogP contribution in [-0.2, 0) is 14.6 Å². The summed E-state index contributed by atoms with van der Waals surface area (Å²) in [6, 6.07) is 5.07. The van der Waals surface area contributed by atoms with E-state index in [0.29, 0.717) is 27.1 Å². The molecule has 4 rings (SSSR count). The van der Waals surface area contributed by atoms with Crippen LogP contribution in [0.25, 0.3) is 6.08 Å². The highest BCUT2D eigenvalue weighted by Gasteiger charge is 2.42. The van der Waals surface area contributed by atoms with Crippen molar-refractivity contribution in [2.45, 2.75) is 12.5 Å². The van der Waals surface area contributed by atoms with Gasteiger partial charge in [0.2, 0.25) is 6.79 Å². The van der Waals surface area contributed by atoms with Crippen LogP contribution in [0.5, 0.6) is 11.5 Å². The van der Waals surface area contributed by atoms with E-state index in [0.717, 1.165) is 5.56 Å². The fourth-order valence-electron chi connectivity index (χ4n) is 2.93. The van der Waals surface area contributed by atoms with E-state index in [2.05, 4.69) is 0 Å². The Bertz CT molecular complexity index is 877. The number of sulfone groups is 1. The lowest BCUT2D eigenvalue weighted by molar-refractivity contribution is -0.123. The second kappa shape index (κ2) is 5.75. The number of amides is 1. The number of benzene rings is 1. The minimum Gasteiger partial charge on any atom is -0.454 e. The summed E-state index contributed by atoms with van der Waals surface area (Å²) in [6.07, 6.45) is 2.18. The Hall–Kier alpha value is -1.58. The van der Waals surface area contributed by atoms with Crippen molar-refractivity contribution in [1.82, 2.24) is 4.90 Å². The second-order valence-corrected chi connectivity index (χ2v) is 9.63. The molecule has 24 heavy (non-hydrogen) atoms. The van der Waals surface area contributed by atoms with Gasteiger partial charge in [-0.25, -0.2) is 8.42 Å². The van der Waals surface area contributed by atoms with E-state index >= 15 is 0 Å². The van der Waals surface area contributed by atoms with Crippen LogP contribution in [-0.4, -0.2) is 47.9 Å². The highest BCUT2D eigenvalue weighted by Crippen LogP contribution is 2.38. The van der Waals surface area contributed by atoms with E-state index in [4.69, 9.17) is 21.7 Å². The molecule has 2 fully saturated rings. The fraction of sp³-hybridized carbons (Fsp3) is 0.333. The predicted molar refractivity (Wildman–Crippen MR) is 94.6 cm³/mol. The first-order valence-electron chi connectivity index (χ1n) is 7.30. The van der Waals surface area contributed by atoms with Gasteiger partial charge in [-0.05, 0) is 30.2 Å². The van der Waals surface area contributed by atoms with Crippen LogP contribution in [0, 0.1) is 0 Å². The van der Waals surface area contributed by atoms with E-state index < -0.39 is 9.84 Å². The monoisotopic (exact) mass is 383 g/mol. The molecule has 9 heteroatoms. The van der Waals surface area contributed by atoms with E-state index in [-0.39, 0.29) is 30.2 Å². The molecular weight excluding hydrogens is 370 g/mol. The Morgan fingerprint density at radius 2 is 2.08 bits per heavy atom. The van der Waals surface area contributed by atoms with Gasteiger partial charge in [0, 0.05) is 0 Å². The van der Waals surface area contributed by atoms with Crippen LogP contribution in [0.4, 0.5) is 0 Å². The van der Waals surface area contributed by atoms with Crippen molar-refractivity contribution in [3.63, 3.8) is 0 Å². The molecule has 0 aliphatic carbocycles. The Balaban J connectivity index is 1.59. The van der Waals surface area contributed by atoms with E-state index in [1.165, 1.54) is 16.7 Å². The smallest absolute Gasteiger partial charge is 0.266 e. The van der Waals surface area contributed by atoms with Crippen molar-refractivity contribution < 1.29 is 22.7 Å². The van der Waals surface area contributed by atoms with Crippen LogP contribution in [0.1, 0.15) is 12.0 Å². The van der Waals surface area contributed by atoms with Crippen molar-refractivity contribution in [2.75, 3.05) is 18.3 Å². The minimum atomic E-state index is -3.08. The van der Waals surface area contributed by atoms with Gasteiger partial charge in [-0.15, -0.1) is 0 Å². The number of hydrogen-bond acceptors (Lipinski definition) is 7. The van der Waals surface area contributed by atoms with Gasteiger partial charge in [0.1, 0.15) is 4.32 Å². The van der Waals surface area contributed by atoms with Crippen molar-refractivity contribution >= 4 is 50.1 Å². The molecule has 0 saturated carbocycles. The highest BCUT2D eigenvalue weighted by molar-refractivity contribution is 8.26. The summed E-state index contributed by atoms with van der Waals surface area (Å²) in [4.78, 5) is 14.6. The topological polar surface area (TPSA) is 72.9 Å². The van der Waals surface area contributed by atoms with Crippen LogP contribution < -0.4 is 9.47 Å². The van der Waals surface area contributed by atoms with Crippen molar-refractivity contribution in [2.24, 2.45) is 0 Å². The fourth-order valence-corrected chi connectivity index (χ4v) is 6.03. The Morgan fingerprint density at radius 1 is 1.29 bits per heavy atom. The molecule has 0 spiro atoms. The first kappa shape index (κ1) is 15.9. The molecule has 1 atom stereocenters. The van der Waals surface area contributed by atoms with Crippen molar-refractivity contribution in [3.8, 4) is 11.5 Å². The number of nitrogens with zero attached hydrogens (tertiary/aromatic N) is 1. The first-order chi connectivity index (χ1) is 11.4. The summed E-state index contributed by atoms with van der Waals surface area (Å²) in [5, 5.41) is 0. The minimum absolute atomic E-state index is 0.0171. The molecule has 1 amide bonds. The van der Waals surface area contributed by atoms with Gasteiger partial charge in [-0.3, -0.25) is 9.69 Å². The summed E-state index contributed by atoms with van der Waals surface area (Å²) >= 11 is 6.49. The Labute approximate surface area is 148 Å². The Morgan fingerprint density at radius 3 is 2.83 bits per heavy atom. The maximum Gasteiger partial charge on any atom is 0.266 e. The molecule has 6 nitrogen and oxygen atoms in total. The van der Waals surface area contributed by atoms with Gasteiger partial charge < -0.3 is 9.47 Å². The normalized spacial score (nSPS) is 26.6. The molecule has 0 aromatic heterocycles. The number of thiocarbonyl (C=S) groups is 1. The SMILES string of the molecule is O=C1/C(=C/c2ccc3c(c2)OCO3)SC(=S)N1C1CCS(=O)(=O)C1. The lowest BCUT2D eigenvalue weighted by atomic mass is 10.1. The molecule has 0 N–H and O–H groups in total. The molecule has 3 aliphatic heterocycles.